The maximum absolute atomic E-state index is 12.2. The number of nitrogens with zero attached hydrogens (tertiary/aromatic N) is 3. The molecule has 0 fully saturated rings. The smallest absolute Gasteiger partial charge is 0.242 e. The van der Waals surface area contributed by atoms with E-state index in [9.17, 15) is 4.79 Å². The number of carbonyl (C=O) groups excluding carboxylic acids is 1. The van der Waals surface area contributed by atoms with Crippen molar-refractivity contribution in [2.24, 2.45) is 5.73 Å². The van der Waals surface area contributed by atoms with Gasteiger partial charge in [0.15, 0.2) is 0 Å². The summed E-state index contributed by atoms with van der Waals surface area (Å²) in [7, 11) is 0. The molecule has 0 bridgehead atoms. The first-order valence-electron chi connectivity index (χ1n) is 7.00. The van der Waals surface area contributed by atoms with E-state index in [1.54, 1.807) is 11.0 Å². The highest BCUT2D eigenvalue weighted by atomic mass is 16.1. The topological polar surface area (TPSA) is 85.8 Å². The number of aromatic nitrogens is 3. The predicted octanol–water partition coefficient (Wildman–Crippen LogP) is 1.05. The van der Waals surface area contributed by atoms with Gasteiger partial charge in [-0.3, -0.25) is 14.8 Å². The molecule has 3 N–H and O–H groups in total. The van der Waals surface area contributed by atoms with E-state index in [-0.39, 0.29) is 11.9 Å². The molecule has 1 aromatic carbocycles. The second-order valence-electron chi connectivity index (χ2n) is 5.34. The molecule has 6 heteroatoms. The van der Waals surface area contributed by atoms with Crippen LogP contribution in [0.1, 0.15) is 25.8 Å². The number of primary amides is 1. The van der Waals surface area contributed by atoms with Gasteiger partial charge in [0.1, 0.15) is 18.2 Å². The molecule has 2 rings (SSSR count). The molecule has 0 saturated heterocycles. The van der Waals surface area contributed by atoms with E-state index in [4.69, 9.17) is 5.73 Å². The zero-order valence-corrected chi connectivity index (χ0v) is 12.4. The normalized spacial score (nSPS) is 14.0. The number of hydrogen-bond donors (Lipinski definition) is 2. The number of rotatable bonds is 7. The largest absolute Gasteiger partial charge is 0.368 e. The molecule has 0 aliphatic rings. The Morgan fingerprint density at radius 2 is 2.10 bits per heavy atom. The fourth-order valence-corrected chi connectivity index (χ4v) is 2.48. The van der Waals surface area contributed by atoms with Gasteiger partial charge in [-0.1, -0.05) is 30.3 Å². The monoisotopic (exact) mass is 287 g/mol. The van der Waals surface area contributed by atoms with Crippen molar-refractivity contribution >= 4 is 5.91 Å². The summed E-state index contributed by atoms with van der Waals surface area (Å²) < 4.78 is 1.70. The summed E-state index contributed by atoms with van der Waals surface area (Å²) in [6, 6.07) is 9.69. The van der Waals surface area contributed by atoms with Crippen LogP contribution in [0.5, 0.6) is 0 Å². The average Bonchev–Trinajstić information content (AvgIpc) is 2.97. The standard InChI is InChI=1S/C15H21N5O/c1-12(2)19-15(14(16)21,13-6-4-3-5-7-13)8-9-20-11-17-10-18-20/h3-7,10-12,19H,8-9H2,1-2H3,(H2,16,21). The van der Waals surface area contributed by atoms with Crippen molar-refractivity contribution in [1.29, 1.82) is 0 Å². The number of nitrogens with two attached hydrogens (primary N) is 1. The Morgan fingerprint density at radius 1 is 1.38 bits per heavy atom. The highest BCUT2D eigenvalue weighted by Gasteiger charge is 2.38. The summed E-state index contributed by atoms with van der Waals surface area (Å²) in [5.41, 5.74) is 5.70. The minimum absolute atomic E-state index is 0.119. The SMILES string of the molecule is CC(C)NC(CCn1cncn1)(C(N)=O)c1ccccc1. The van der Waals surface area contributed by atoms with Crippen molar-refractivity contribution in [3.8, 4) is 0 Å². The van der Waals surface area contributed by atoms with Crippen molar-refractivity contribution in [2.75, 3.05) is 0 Å². The predicted molar refractivity (Wildman–Crippen MR) is 80.2 cm³/mol. The van der Waals surface area contributed by atoms with Crippen molar-refractivity contribution in [3.05, 3.63) is 48.5 Å². The lowest BCUT2D eigenvalue weighted by Gasteiger charge is -2.34. The van der Waals surface area contributed by atoms with Crippen LogP contribution in [0.4, 0.5) is 0 Å². The highest BCUT2D eigenvalue weighted by Crippen LogP contribution is 2.26. The van der Waals surface area contributed by atoms with Gasteiger partial charge in [-0.25, -0.2) is 4.98 Å². The highest BCUT2D eigenvalue weighted by molar-refractivity contribution is 5.86. The summed E-state index contributed by atoms with van der Waals surface area (Å²) in [5.74, 6) is -0.387. The van der Waals surface area contributed by atoms with E-state index in [0.29, 0.717) is 13.0 Å². The molecule has 1 aromatic heterocycles. The van der Waals surface area contributed by atoms with Gasteiger partial charge in [0, 0.05) is 12.6 Å². The molecule has 1 amide bonds. The van der Waals surface area contributed by atoms with Crippen LogP contribution >= 0.6 is 0 Å². The number of nitrogens with one attached hydrogen (secondary N) is 1. The molecule has 0 spiro atoms. The Labute approximate surface area is 124 Å². The summed E-state index contributed by atoms with van der Waals surface area (Å²) in [6.07, 6.45) is 3.62. The van der Waals surface area contributed by atoms with Crippen LogP contribution in [0.3, 0.4) is 0 Å². The first-order chi connectivity index (χ1) is 10.0. The van der Waals surface area contributed by atoms with E-state index >= 15 is 0 Å². The number of carbonyl (C=O) groups is 1. The summed E-state index contributed by atoms with van der Waals surface area (Å²) in [4.78, 5) is 16.1. The van der Waals surface area contributed by atoms with Crippen LogP contribution in [0.25, 0.3) is 0 Å². The van der Waals surface area contributed by atoms with Gasteiger partial charge in [0.05, 0.1) is 0 Å². The van der Waals surface area contributed by atoms with Gasteiger partial charge >= 0.3 is 0 Å². The van der Waals surface area contributed by atoms with Gasteiger partial charge in [-0.05, 0) is 25.8 Å². The summed E-state index contributed by atoms with van der Waals surface area (Å²) in [6.45, 7) is 4.55. The van der Waals surface area contributed by atoms with Crippen LogP contribution in [-0.2, 0) is 16.9 Å². The maximum atomic E-state index is 12.2. The Balaban J connectivity index is 2.33. The second kappa shape index (κ2) is 6.49. The van der Waals surface area contributed by atoms with E-state index in [2.05, 4.69) is 15.4 Å². The average molecular weight is 287 g/mol. The molecule has 0 aliphatic heterocycles. The van der Waals surface area contributed by atoms with Crippen LogP contribution in [0, 0.1) is 0 Å². The third kappa shape index (κ3) is 3.46. The first-order valence-corrected chi connectivity index (χ1v) is 7.00. The Bertz CT molecular complexity index is 567. The number of amides is 1. The Hall–Kier alpha value is -2.21. The molecule has 2 aromatic rings. The maximum Gasteiger partial charge on any atom is 0.242 e. The first kappa shape index (κ1) is 15.2. The lowest BCUT2D eigenvalue weighted by molar-refractivity contribution is -0.125. The van der Waals surface area contributed by atoms with E-state index in [0.717, 1.165) is 5.56 Å². The molecule has 0 saturated carbocycles. The van der Waals surface area contributed by atoms with Crippen LogP contribution in [-0.4, -0.2) is 26.7 Å². The second-order valence-corrected chi connectivity index (χ2v) is 5.34. The minimum Gasteiger partial charge on any atom is -0.368 e. The van der Waals surface area contributed by atoms with Crippen LogP contribution < -0.4 is 11.1 Å². The Kier molecular flexibility index (Phi) is 4.70. The zero-order valence-electron chi connectivity index (χ0n) is 12.4. The summed E-state index contributed by atoms with van der Waals surface area (Å²) >= 11 is 0. The van der Waals surface area contributed by atoms with Crippen LogP contribution in [0.2, 0.25) is 0 Å². The third-order valence-electron chi connectivity index (χ3n) is 3.40. The van der Waals surface area contributed by atoms with Gasteiger partial charge in [-0.15, -0.1) is 0 Å². The van der Waals surface area contributed by atoms with Crippen molar-refractivity contribution in [1.82, 2.24) is 20.1 Å². The molecule has 0 aliphatic carbocycles. The molecule has 0 radical (unpaired) electrons. The van der Waals surface area contributed by atoms with Crippen molar-refractivity contribution < 1.29 is 4.79 Å². The lowest BCUT2D eigenvalue weighted by Crippen LogP contribution is -2.55. The molecule has 1 heterocycles. The van der Waals surface area contributed by atoms with E-state index in [1.165, 1.54) is 6.33 Å². The quantitative estimate of drug-likeness (QED) is 0.797. The van der Waals surface area contributed by atoms with Gasteiger partial charge in [0.2, 0.25) is 5.91 Å². The molecule has 1 atom stereocenters. The van der Waals surface area contributed by atoms with Crippen LogP contribution in [0.15, 0.2) is 43.0 Å². The third-order valence-corrected chi connectivity index (χ3v) is 3.40. The fraction of sp³-hybridized carbons (Fsp3) is 0.400. The molecule has 1 unspecified atom stereocenters. The van der Waals surface area contributed by atoms with Gasteiger partial charge < -0.3 is 5.73 Å². The number of benzene rings is 1. The van der Waals surface area contributed by atoms with Crippen molar-refractivity contribution in [3.63, 3.8) is 0 Å². The number of aryl methyl sites for hydroxylation is 1. The molecule has 21 heavy (non-hydrogen) atoms. The zero-order chi connectivity index (χ0) is 15.3. The van der Waals surface area contributed by atoms with Gasteiger partial charge in [-0.2, -0.15) is 5.10 Å². The summed E-state index contributed by atoms with van der Waals surface area (Å²) in [5, 5.41) is 7.41. The van der Waals surface area contributed by atoms with E-state index < -0.39 is 5.54 Å². The lowest BCUT2D eigenvalue weighted by atomic mass is 9.85. The molecule has 112 valence electrons. The minimum atomic E-state index is -0.915. The van der Waals surface area contributed by atoms with Crippen molar-refractivity contribution in [2.45, 2.75) is 38.4 Å². The fourth-order valence-electron chi connectivity index (χ4n) is 2.48. The molecule has 6 nitrogen and oxygen atoms in total. The number of hydrogen-bond acceptors (Lipinski definition) is 4. The molecular weight excluding hydrogens is 266 g/mol. The molecular formula is C15H21N5O. The van der Waals surface area contributed by atoms with E-state index in [1.807, 2.05) is 44.2 Å². The Morgan fingerprint density at radius 3 is 2.62 bits per heavy atom. The van der Waals surface area contributed by atoms with Gasteiger partial charge in [0.25, 0.3) is 0 Å².